The number of hydrogen-bond acceptors (Lipinski definition) is 6. The molecule has 0 spiro atoms. The van der Waals surface area contributed by atoms with Gasteiger partial charge in [-0.1, -0.05) is 30.4 Å². The van der Waals surface area contributed by atoms with Crippen LogP contribution in [-0.2, 0) is 11.2 Å². The summed E-state index contributed by atoms with van der Waals surface area (Å²) >= 11 is 1.39. The van der Waals surface area contributed by atoms with Crippen molar-refractivity contribution >= 4 is 28.1 Å². The second kappa shape index (κ2) is 7.03. The molecule has 0 aliphatic carbocycles. The van der Waals surface area contributed by atoms with Crippen molar-refractivity contribution in [3.8, 4) is 5.75 Å². The first-order chi connectivity index (χ1) is 10.1. The Balaban J connectivity index is 1.99. The lowest BCUT2D eigenvalue weighted by Crippen LogP contribution is -2.31. The van der Waals surface area contributed by atoms with Crippen LogP contribution < -0.4 is 15.4 Å². The van der Waals surface area contributed by atoms with Gasteiger partial charge in [-0.3, -0.25) is 10.1 Å². The Bertz CT molecular complexity index is 615. The number of nitrogens with one attached hydrogen (secondary N) is 2. The number of nitrogens with zero attached hydrogens (tertiary/aromatic N) is 2. The Hall–Kier alpha value is -2.15. The van der Waals surface area contributed by atoms with E-state index in [9.17, 15) is 4.79 Å². The van der Waals surface area contributed by atoms with E-state index < -0.39 is 6.04 Å². The molecule has 0 bridgehead atoms. The van der Waals surface area contributed by atoms with E-state index in [1.54, 1.807) is 14.0 Å². The highest BCUT2D eigenvalue weighted by Gasteiger charge is 2.16. The predicted octanol–water partition coefficient (Wildman–Crippen LogP) is 2.55. The lowest BCUT2D eigenvalue weighted by molar-refractivity contribution is -0.116. The van der Waals surface area contributed by atoms with E-state index in [4.69, 9.17) is 4.74 Å². The van der Waals surface area contributed by atoms with Gasteiger partial charge >= 0.3 is 0 Å². The van der Waals surface area contributed by atoms with E-state index in [2.05, 4.69) is 20.8 Å². The van der Waals surface area contributed by atoms with Crippen LogP contribution in [-0.4, -0.2) is 29.3 Å². The van der Waals surface area contributed by atoms with E-state index in [1.807, 2.05) is 31.2 Å². The van der Waals surface area contributed by atoms with Crippen molar-refractivity contribution in [3.63, 3.8) is 0 Å². The van der Waals surface area contributed by atoms with Crippen LogP contribution >= 0.6 is 11.3 Å². The van der Waals surface area contributed by atoms with Gasteiger partial charge in [-0.25, -0.2) is 0 Å². The van der Waals surface area contributed by atoms with Gasteiger partial charge in [-0.15, -0.1) is 10.2 Å². The third-order valence-electron chi connectivity index (χ3n) is 2.87. The van der Waals surface area contributed by atoms with Crippen molar-refractivity contribution in [1.82, 2.24) is 10.2 Å². The van der Waals surface area contributed by atoms with Crippen LogP contribution in [0.3, 0.4) is 0 Å². The molecular formula is C14H18N4O2S. The summed E-state index contributed by atoms with van der Waals surface area (Å²) in [5, 5.41) is 15.2. The standard InChI is InChI=1S/C14H18N4O2S/c1-4-12-17-18-14(21-12)16-13(19)9(2)15-10-7-5-6-8-11(10)20-3/h5-9,15H,4H2,1-3H3,(H,16,18,19)/t9-/m1/s1. The van der Waals surface area contributed by atoms with Crippen LogP contribution in [0.5, 0.6) is 5.75 Å². The lowest BCUT2D eigenvalue weighted by atomic mass is 10.2. The molecule has 0 radical (unpaired) electrons. The van der Waals surface area contributed by atoms with Gasteiger partial charge in [0.05, 0.1) is 12.8 Å². The first-order valence-electron chi connectivity index (χ1n) is 6.66. The predicted molar refractivity (Wildman–Crippen MR) is 84.0 cm³/mol. The Kier molecular flexibility index (Phi) is 5.10. The number of carbonyl (C=O) groups excluding carboxylic acids is 1. The van der Waals surface area contributed by atoms with Gasteiger partial charge in [-0.05, 0) is 25.5 Å². The molecule has 0 unspecified atom stereocenters. The van der Waals surface area contributed by atoms with E-state index in [0.717, 1.165) is 17.1 Å². The summed E-state index contributed by atoms with van der Waals surface area (Å²) in [5.74, 6) is 0.529. The second-order valence-corrected chi connectivity index (χ2v) is 5.47. The molecular weight excluding hydrogens is 288 g/mol. The average Bonchev–Trinajstić information content (AvgIpc) is 2.95. The summed E-state index contributed by atoms with van der Waals surface area (Å²) < 4.78 is 5.25. The van der Waals surface area contributed by atoms with Crippen LogP contribution in [0.25, 0.3) is 0 Å². The zero-order chi connectivity index (χ0) is 15.2. The van der Waals surface area contributed by atoms with Crippen molar-refractivity contribution in [1.29, 1.82) is 0 Å². The smallest absolute Gasteiger partial charge is 0.248 e. The van der Waals surface area contributed by atoms with Crippen molar-refractivity contribution in [2.24, 2.45) is 0 Å². The van der Waals surface area contributed by atoms with Crippen molar-refractivity contribution in [2.75, 3.05) is 17.7 Å². The molecule has 0 fully saturated rings. The normalized spacial score (nSPS) is 11.8. The molecule has 2 aromatic rings. The third kappa shape index (κ3) is 3.91. The summed E-state index contributed by atoms with van der Waals surface area (Å²) in [5.41, 5.74) is 0.772. The first kappa shape index (κ1) is 15.2. The van der Waals surface area contributed by atoms with Crippen LogP contribution in [0, 0.1) is 0 Å². The number of aryl methyl sites for hydroxylation is 1. The molecule has 2 N–H and O–H groups in total. The number of para-hydroxylation sites is 2. The minimum absolute atomic E-state index is 0.167. The molecule has 21 heavy (non-hydrogen) atoms. The number of carbonyl (C=O) groups is 1. The van der Waals surface area contributed by atoms with E-state index >= 15 is 0 Å². The van der Waals surface area contributed by atoms with E-state index in [1.165, 1.54) is 11.3 Å². The number of amides is 1. The SMILES string of the molecule is CCc1nnc(NC(=O)[C@@H](C)Nc2ccccc2OC)s1. The molecule has 0 aliphatic heterocycles. The van der Waals surface area contributed by atoms with E-state index in [-0.39, 0.29) is 5.91 Å². The zero-order valence-corrected chi connectivity index (χ0v) is 13.0. The van der Waals surface area contributed by atoms with Gasteiger partial charge < -0.3 is 10.1 Å². The van der Waals surface area contributed by atoms with Gasteiger partial charge in [0.1, 0.15) is 16.8 Å². The fourth-order valence-corrected chi connectivity index (χ4v) is 2.41. The van der Waals surface area contributed by atoms with Gasteiger partial charge in [0.2, 0.25) is 11.0 Å². The molecule has 2 rings (SSSR count). The Morgan fingerprint density at radius 3 is 2.81 bits per heavy atom. The molecule has 1 heterocycles. The molecule has 1 amide bonds. The quantitative estimate of drug-likeness (QED) is 0.857. The topological polar surface area (TPSA) is 76.1 Å². The summed E-state index contributed by atoms with van der Waals surface area (Å²) in [6, 6.07) is 7.04. The minimum atomic E-state index is -0.421. The lowest BCUT2D eigenvalue weighted by Gasteiger charge is -2.16. The molecule has 0 saturated heterocycles. The molecule has 7 heteroatoms. The Labute approximate surface area is 127 Å². The number of hydrogen-bond donors (Lipinski definition) is 2. The van der Waals surface area contributed by atoms with Crippen molar-refractivity contribution in [2.45, 2.75) is 26.3 Å². The largest absolute Gasteiger partial charge is 0.495 e. The van der Waals surface area contributed by atoms with Crippen LogP contribution in [0.15, 0.2) is 24.3 Å². The van der Waals surface area contributed by atoms with E-state index in [0.29, 0.717) is 10.9 Å². The Morgan fingerprint density at radius 1 is 1.38 bits per heavy atom. The maximum Gasteiger partial charge on any atom is 0.248 e. The number of benzene rings is 1. The summed E-state index contributed by atoms with van der Waals surface area (Å²) in [6.07, 6.45) is 0.808. The summed E-state index contributed by atoms with van der Waals surface area (Å²) in [6.45, 7) is 3.78. The number of methoxy groups -OCH3 is 1. The molecule has 1 aromatic carbocycles. The number of aromatic nitrogens is 2. The molecule has 6 nitrogen and oxygen atoms in total. The van der Waals surface area contributed by atoms with Crippen LogP contribution in [0.4, 0.5) is 10.8 Å². The molecule has 112 valence electrons. The maximum atomic E-state index is 12.1. The molecule has 1 aromatic heterocycles. The van der Waals surface area contributed by atoms with Crippen LogP contribution in [0.1, 0.15) is 18.9 Å². The second-order valence-electron chi connectivity index (χ2n) is 4.41. The molecule has 0 aliphatic rings. The van der Waals surface area contributed by atoms with Gasteiger partial charge in [-0.2, -0.15) is 0 Å². The molecule has 0 saturated carbocycles. The number of rotatable bonds is 6. The first-order valence-corrected chi connectivity index (χ1v) is 7.48. The monoisotopic (exact) mass is 306 g/mol. The van der Waals surface area contributed by atoms with Crippen LogP contribution in [0.2, 0.25) is 0 Å². The highest BCUT2D eigenvalue weighted by Crippen LogP contribution is 2.24. The van der Waals surface area contributed by atoms with Crippen molar-refractivity contribution < 1.29 is 9.53 Å². The Morgan fingerprint density at radius 2 is 2.14 bits per heavy atom. The maximum absolute atomic E-state index is 12.1. The van der Waals surface area contributed by atoms with Gasteiger partial charge in [0.25, 0.3) is 0 Å². The average molecular weight is 306 g/mol. The number of ether oxygens (including phenoxy) is 1. The zero-order valence-electron chi connectivity index (χ0n) is 12.2. The third-order valence-corrected chi connectivity index (χ3v) is 3.85. The fraction of sp³-hybridized carbons (Fsp3) is 0.357. The van der Waals surface area contributed by atoms with Gasteiger partial charge in [0, 0.05) is 0 Å². The highest BCUT2D eigenvalue weighted by molar-refractivity contribution is 7.15. The highest BCUT2D eigenvalue weighted by atomic mass is 32.1. The minimum Gasteiger partial charge on any atom is -0.495 e. The molecule has 1 atom stereocenters. The van der Waals surface area contributed by atoms with Gasteiger partial charge in [0.15, 0.2) is 0 Å². The summed E-state index contributed by atoms with van der Waals surface area (Å²) in [4.78, 5) is 12.1. The number of anilines is 2. The summed E-state index contributed by atoms with van der Waals surface area (Å²) in [7, 11) is 1.60. The fourth-order valence-electron chi connectivity index (χ4n) is 1.72. The van der Waals surface area contributed by atoms with Crippen molar-refractivity contribution in [3.05, 3.63) is 29.3 Å².